The summed E-state index contributed by atoms with van der Waals surface area (Å²) in [7, 11) is 0. The number of nitrogens with one attached hydrogen (secondary N) is 1. The van der Waals surface area contributed by atoms with Gasteiger partial charge in [-0.05, 0) is 48.0 Å². The minimum Gasteiger partial charge on any atom is -0.484 e. The van der Waals surface area contributed by atoms with Gasteiger partial charge in [-0.25, -0.2) is 0 Å². The average Bonchev–Trinajstić information content (AvgIpc) is 2.64. The molecule has 1 fully saturated rings. The number of carbonyl (C=O) groups is 2. The quantitative estimate of drug-likeness (QED) is 0.660. The lowest BCUT2D eigenvalue weighted by Gasteiger charge is -2.21. The summed E-state index contributed by atoms with van der Waals surface area (Å²) in [6.45, 7) is 3.95. The van der Waals surface area contributed by atoms with Crippen LogP contribution < -0.4 is 10.1 Å². The van der Waals surface area contributed by atoms with E-state index in [0.717, 1.165) is 0 Å². The summed E-state index contributed by atoms with van der Waals surface area (Å²) in [6.07, 6.45) is 1.80. The lowest BCUT2D eigenvalue weighted by molar-refractivity contribution is -0.142. The van der Waals surface area contributed by atoms with Crippen LogP contribution in [0.25, 0.3) is 0 Å². The third-order valence-electron chi connectivity index (χ3n) is 4.00. The predicted octanol–water partition coefficient (Wildman–Crippen LogP) is 3.80. The van der Waals surface area contributed by atoms with Crippen LogP contribution in [-0.2, 0) is 9.59 Å². The number of carbonyl (C=O) groups excluding carboxylic acids is 1. The van der Waals surface area contributed by atoms with Gasteiger partial charge in [-0.15, -0.1) is 23.5 Å². The molecule has 1 amide bonds. The second-order valence-corrected chi connectivity index (χ2v) is 9.48. The van der Waals surface area contributed by atoms with Gasteiger partial charge in [-0.3, -0.25) is 9.59 Å². The van der Waals surface area contributed by atoms with Crippen molar-refractivity contribution >= 4 is 35.4 Å². The molecule has 0 aliphatic carbocycles. The van der Waals surface area contributed by atoms with Gasteiger partial charge in [0.05, 0.1) is 10.5 Å². The molecule has 26 heavy (non-hydrogen) atoms. The first-order valence-corrected chi connectivity index (χ1v) is 11.0. The Labute approximate surface area is 163 Å². The number of benzene rings is 1. The van der Waals surface area contributed by atoms with Gasteiger partial charge in [-0.1, -0.05) is 26.0 Å². The molecular formula is C19H27NO4S2. The van der Waals surface area contributed by atoms with E-state index in [9.17, 15) is 14.7 Å². The van der Waals surface area contributed by atoms with Crippen LogP contribution in [0, 0.1) is 11.8 Å². The Hall–Kier alpha value is -1.34. The minimum absolute atomic E-state index is 0.111. The minimum atomic E-state index is -0.881. The van der Waals surface area contributed by atoms with Crippen LogP contribution in [0.15, 0.2) is 24.3 Å². The van der Waals surface area contributed by atoms with E-state index in [-0.39, 0.29) is 25.0 Å². The number of ether oxygens (including phenoxy) is 1. The number of carboxylic acids is 1. The first-order chi connectivity index (χ1) is 12.5. The van der Waals surface area contributed by atoms with Gasteiger partial charge >= 0.3 is 5.97 Å². The maximum absolute atomic E-state index is 11.9. The van der Waals surface area contributed by atoms with Crippen LogP contribution in [0.5, 0.6) is 5.75 Å². The Morgan fingerprint density at radius 3 is 2.46 bits per heavy atom. The van der Waals surface area contributed by atoms with Crippen LogP contribution in [0.2, 0.25) is 0 Å². The summed E-state index contributed by atoms with van der Waals surface area (Å²) in [6, 6.07) is 7.87. The van der Waals surface area contributed by atoms with Crippen molar-refractivity contribution in [2.75, 3.05) is 24.7 Å². The van der Waals surface area contributed by atoms with E-state index < -0.39 is 11.9 Å². The molecule has 0 saturated carbocycles. The Morgan fingerprint density at radius 2 is 1.88 bits per heavy atom. The van der Waals surface area contributed by atoms with Gasteiger partial charge in [-0.2, -0.15) is 0 Å². The summed E-state index contributed by atoms with van der Waals surface area (Å²) < 4.78 is 5.99. The number of carboxylic acid groups (broad SMARTS) is 1. The van der Waals surface area contributed by atoms with Crippen molar-refractivity contribution in [2.24, 2.45) is 11.8 Å². The van der Waals surface area contributed by atoms with Crippen molar-refractivity contribution in [1.29, 1.82) is 0 Å². The normalized spacial score (nSPS) is 16.3. The lowest BCUT2D eigenvalue weighted by Crippen LogP contribution is -2.36. The standard InChI is InChI=1S/C19H27NO4S2/c1-13(2)10-15(18(22)23)11-20-17(21)12-24-16-6-4-14(5-7-16)19-25-8-3-9-26-19/h4-7,13,15,19H,3,8-12H2,1-2H3,(H,20,21)(H,22,23). The van der Waals surface area contributed by atoms with Gasteiger partial charge < -0.3 is 15.2 Å². The van der Waals surface area contributed by atoms with E-state index in [1.165, 1.54) is 23.5 Å². The fourth-order valence-corrected chi connectivity index (χ4v) is 5.57. The predicted molar refractivity (Wildman–Crippen MR) is 108 cm³/mol. The van der Waals surface area contributed by atoms with E-state index in [1.54, 1.807) is 0 Å². The van der Waals surface area contributed by atoms with Gasteiger partial charge in [0, 0.05) is 6.54 Å². The number of rotatable bonds is 9. The Bertz CT molecular complexity index is 586. The molecule has 0 spiro atoms. The second kappa shape index (κ2) is 10.7. The Balaban J connectivity index is 1.75. The highest BCUT2D eigenvalue weighted by Crippen LogP contribution is 2.43. The maximum Gasteiger partial charge on any atom is 0.308 e. The molecule has 1 saturated heterocycles. The van der Waals surface area contributed by atoms with E-state index in [1.807, 2.05) is 61.6 Å². The largest absolute Gasteiger partial charge is 0.484 e. The summed E-state index contributed by atoms with van der Waals surface area (Å²) in [5, 5.41) is 11.8. The summed E-state index contributed by atoms with van der Waals surface area (Å²) in [4.78, 5) is 23.1. The van der Waals surface area contributed by atoms with Crippen LogP contribution in [-0.4, -0.2) is 41.6 Å². The molecule has 0 radical (unpaired) electrons. The highest BCUT2D eigenvalue weighted by molar-refractivity contribution is 8.16. The van der Waals surface area contributed by atoms with E-state index in [4.69, 9.17) is 4.74 Å². The van der Waals surface area contributed by atoms with Gasteiger partial charge in [0.15, 0.2) is 6.61 Å². The monoisotopic (exact) mass is 397 g/mol. The van der Waals surface area contributed by atoms with Crippen molar-refractivity contribution in [3.63, 3.8) is 0 Å². The topological polar surface area (TPSA) is 75.6 Å². The Morgan fingerprint density at radius 1 is 1.23 bits per heavy atom. The summed E-state index contributed by atoms with van der Waals surface area (Å²) in [5.74, 6) is 1.56. The molecule has 2 N–H and O–H groups in total. The number of hydrogen-bond donors (Lipinski definition) is 2. The molecule has 1 atom stereocenters. The lowest BCUT2D eigenvalue weighted by atomic mass is 9.97. The van der Waals surface area contributed by atoms with Crippen molar-refractivity contribution in [3.8, 4) is 5.75 Å². The third-order valence-corrected chi connectivity index (χ3v) is 7.02. The summed E-state index contributed by atoms with van der Waals surface area (Å²) in [5.41, 5.74) is 1.27. The molecule has 5 nitrogen and oxygen atoms in total. The zero-order chi connectivity index (χ0) is 18.9. The van der Waals surface area contributed by atoms with E-state index in [0.29, 0.717) is 16.8 Å². The highest BCUT2D eigenvalue weighted by Gasteiger charge is 2.20. The second-order valence-electron chi connectivity index (χ2n) is 6.75. The van der Waals surface area contributed by atoms with Crippen LogP contribution in [0.3, 0.4) is 0 Å². The third kappa shape index (κ3) is 7.11. The molecule has 1 aromatic carbocycles. The van der Waals surface area contributed by atoms with Crippen molar-refractivity contribution in [1.82, 2.24) is 5.32 Å². The number of aliphatic carboxylic acids is 1. The molecule has 1 unspecified atom stereocenters. The molecule has 0 bridgehead atoms. The Kier molecular flexibility index (Phi) is 8.65. The molecule has 1 aliphatic heterocycles. The van der Waals surface area contributed by atoms with Crippen molar-refractivity contribution < 1.29 is 19.4 Å². The zero-order valence-electron chi connectivity index (χ0n) is 15.3. The molecule has 144 valence electrons. The van der Waals surface area contributed by atoms with Crippen LogP contribution >= 0.6 is 23.5 Å². The first-order valence-electron chi connectivity index (χ1n) is 8.91. The van der Waals surface area contributed by atoms with Crippen LogP contribution in [0.4, 0.5) is 0 Å². The molecule has 0 aromatic heterocycles. The van der Waals surface area contributed by atoms with E-state index in [2.05, 4.69) is 5.32 Å². The number of thioether (sulfide) groups is 2. The van der Waals surface area contributed by atoms with Gasteiger partial charge in [0.2, 0.25) is 0 Å². The summed E-state index contributed by atoms with van der Waals surface area (Å²) >= 11 is 3.93. The fraction of sp³-hybridized carbons (Fsp3) is 0.579. The van der Waals surface area contributed by atoms with Crippen molar-refractivity contribution in [3.05, 3.63) is 29.8 Å². The van der Waals surface area contributed by atoms with E-state index >= 15 is 0 Å². The van der Waals surface area contributed by atoms with Gasteiger partial charge in [0.1, 0.15) is 5.75 Å². The van der Waals surface area contributed by atoms with Crippen LogP contribution in [0.1, 0.15) is 36.8 Å². The molecule has 1 aromatic rings. The first kappa shape index (κ1) is 21.0. The van der Waals surface area contributed by atoms with Crippen molar-refractivity contribution in [2.45, 2.75) is 31.3 Å². The highest BCUT2D eigenvalue weighted by atomic mass is 32.2. The number of hydrogen-bond acceptors (Lipinski definition) is 5. The fourth-order valence-electron chi connectivity index (χ4n) is 2.68. The molecule has 2 rings (SSSR count). The maximum atomic E-state index is 11.9. The van der Waals surface area contributed by atoms with Gasteiger partial charge in [0.25, 0.3) is 5.91 Å². The number of amides is 1. The molecule has 7 heteroatoms. The smallest absolute Gasteiger partial charge is 0.308 e. The average molecular weight is 398 g/mol. The SMILES string of the molecule is CC(C)CC(CNC(=O)COc1ccc(C2SCCCS2)cc1)C(=O)O. The zero-order valence-corrected chi connectivity index (χ0v) is 16.9. The molecule has 1 heterocycles. The molecule has 1 aliphatic rings. The molecular weight excluding hydrogens is 370 g/mol.